The van der Waals surface area contributed by atoms with Gasteiger partial charge >= 0.3 is 35.9 Å². The third-order valence-electron chi connectivity index (χ3n) is 0. The Kier molecular flexibility index (Phi) is 21.5. The molecule has 1 radical (unpaired) electrons. The molecule has 1 N–H and O–H groups in total. The van der Waals surface area contributed by atoms with Crippen LogP contribution < -0.4 is 38.6 Å². The van der Waals surface area contributed by atoms with Crippen molar-refractivity contribution < 1.29 is 70.2 Å². The van der Waals surface area contributed by atoms with Gasteiger partial charge in [-0.1, -0.05) is 0 Å². The fourth-order valence-corrected chi connectivity index (χ4v) is 0. The Bertz CT molecular complexity index is 118. The molecule has 0 fully saturated rings. The molecule has 0 rings (SSSR count). The van der Waals surface area contributed by atoms with E-state index in [0.717, 1.165) is 0 Å². The van der Waals surface area contributed by atoms with Crippen LogP contribution in [0.15, 0.2) is 0 Å². The zero-order valence-electron chi connectivity index (χ0n) is 5.20. The molecule has 0 aromatic heterocycles. The van der Waals surface area contributed by atoms with Gasteiger partial charge in [0.05, 0.1) is 0 Å². The molecule has 0 spiro atoms. The predicted molar refractivity (Wildman–Crippen MR) is 15.6 cm³/mol. The van der Waals surface area contributed by atoms with Gasteiger partial charge in [0, 0.05) is 0 Å². The molecular formula is CHFeLiO7P. The van der Waals surface area contributed by atoms with Gasteiger partial charge in [0.15, 0.2) is 0 Å². The van der Waals surface area contributed by atoms with E-state index in [9.17, 15) is 0 Å². The van der Waals surface area contributed by atoms with E-state index in [-0.39, 0.29) is 35.9 Å². The van der Waals surface area contributed by atoms with Crippen LogP contribution in [-0.4, -0.2) is 11.3 Å². The number of hydrogen-bond acceptors (Lipinski definition) is 6. The first-order valence-electron chi connectivity index (χ1n) is 1.36. The zero-order chi connectivity index (χ0) is 8.08. The second kappa shape index (κ2) is 10.5. The Hall–Kier alpha value is 0.497. The standard InChI is InChI=1S/CH2O3.Fe.Li.H3O4P/c2-1(3)4;;;1-5(2,3)4/h(H2,2,3,4);;;(H3,1,2,3,4)/q;+3;+1;/p-4. The Morgan fingerprint density at radius 2 is 1.27 bits per heavy atom. The third-order valence-corrected chi connectivity index (χ3v) is 0. The molecule has 11 heavy (non-hydrogen) atoms. The van der Waals surface area contributed by atoms with Gasteiger partial charge < -0.3 is 34.3 Å². The van der Waals surface area contributed by atoms with Crippen LogP contribution in [0.5, 0.6) is 0 Å². The molecule has 0 aromatic carbocycles. The smallest absolute Gasteiger partial charge is 0.822 e. The van der Waals surface area contributed by atoms with Crippen molar-refractivity contribution in [2.75, 3.05) is 0 Å². The zero-order valence-corrected chi connectivity index (χ0v) is 7.20. The van der Waals surface area contributed by atoms with E-state index in [1.165, 1.54) is 0 Å². The van der Waals surface area contributed by atoms with Crippen LogP contribution in [0.4, 0.5) is 4.79 Å². The summed E-state index contributed by atoms with van der Waals surface area (Å²) in [5.41, 5.74) is 0. The third kappa shape index (κ3) is 3070. The minimum Gasteiger partial charge on any atom is -0.822 e. The van der Waals surface area contributed by atoms with Gasteiger partial charge in [-0.05, 0) is 0 Å². The molecule has 0 saturated carbocycles. The van der Waals surface area contributed by atoms with Crippen molar-refractivity contribution in [2.45, 2.75) is 0 Å². The summed E-state index contributed by atoms with van der Waals surface area (Å²) < 4.78 is 8.55. The first kappa shape index (κ1) is 22.5. The fraction of sp³-hybridized carbons (Fsp3) is 0. The normalized spacial score (nSPS) is 7.55. The van der Waals surface area contributed by atoms with Crippen LogP contribution in [0.1, 0.15) is 0 Å². The van der Waals surface area contributed by atoms with E-state index in [0.29, 0.717) is 0 Å². The van der Waals surface area contributed by atoms with Crippen molar-refractivity contribution in [3.63, 3.8) is 0 Å². The maximum absolute atomic E-state index is 8.55. The fourth-order valence-electron chi connectivity index (χ4n) is 0. The second-order valence-corrected chi connectivity index (χ2v) is 1.61. The molecule has 0 heterocycles. The van der Waals surface area contributed by atoms with E-state index in [2.05, 4.69) is 0 Å². The molecule has 10 heteroatoms. The Morgan fingerprint density at radius 1 is 1.27 bits per heavy atom. The summed E-state index contributed by atoms with van der Waals surface area (Å²) in [6, 6.07) is 0. The van der Waals surface area contributed by atoms with Gasteiger partial charge in [-0.25, -0.2) is 0 Å². The van der Waals surface area contributed by atoms with Crippen LogP contribution in [0.3, 0.4) is 0 Å². The molecule has 0 aliphatic heterocycles. The van der Waals surface area contributed by atoms with Crippen molar-refractivity contribution in [1.29, 1.82) is 0 Å². The van der Waals surface area contributed by atoms with Crippen LogP contribution in [-0.2, 0) is 21.6 Å². The molecule has 0 bridgehead atoms. The van der Waals surface area contributed by atoms with Gasteiger partial charge in [0.2, 0.25) is 6.16 Å². The van der Waals surface area contributed by atoms with Crippen molar-refractivity contribution in [1.82, 2.24) is 0 Å². The van der Waals surface area contributed by atoms with Crippen LogP contribution in [0.25, 0.3) is 0 Å². The molecule has 61 valence electrons. The van der Waals surface area contributed by atoms with Gasteiger partial charge in [-0.2, -0.15) is 7.82 Å². The summed E-state index contributed by atoms with van der Waals surface area (Å²) in [6.45, 7) is 0. The number of carbonyl (C=O) groups is 1. The second-order valence-electron chi connectivity index (χ2n) is 0.713. The van der Waals surface area contributed by atoms with E-state index in [4.69, 9.17) is 34.3 Å². The molecule has 0 atom stereocenters. The van der Waals surface area contributed by atoms with Crippen molar-refractivity contribution in [3.05, 3.63) is 0 Å². The minimum atomic E-state index is -5.39. The Balaban J connectivity index is -0.0000000383. The van der Waals surface area contributed by atoms with E-state index >= 15 is 0 Å². The molecule has 0 amide bonds. The van der Waals surface area contributed by atoms with Gasteiger partial charge in [0.1, 0.15) is 0 Å². The van der Waals surface area contributed by atoms with Gasteiger partial charge in [-0.15, -0.1) is 0 Å². The predicted octanol–water partition coefficient (Wildman–Crippen LogP) is -6.94. The maximum Gasteiger partial charge on any atom is 3.00 e. The monoisotopic (exact) mass is 219 g/mol. The molecule has 0 aromatic rings. The maximum atomic E-state index is 8.55. The summed E-state index contributed by atoms with van der Waals surface area (Å²) in [4.78, 5) is 34.1. The molecule has 0 aliphatic carbocycles. The Morgan fingerprint density at radius 3 is 1.27 bits per heavy atom. The van der Waals surface area contributed by atoms with Gasteiger partial charge in [-0.3, -0.25) is 0 Å². The quantitative estimate of drug-likeness (QED) is 0.314. The first-order valence-corrected chi connectivity index (χ1v) is 2.82. The van der Waals surface area contributed by atoms with Crippen molar-refractivity contribution >= 4 is 14.0 Å². The first-order chi connectivity index (χ1) is 3.73. The van der Waals surface area contributed by atoms with E-state index < -0.39 is 14.0 Å². The van der Waals surface area contributed by atoms with Crippen LogP contribution >= 0.6 is 7.82 Å². The average molecular weight is 219 g/mol. The largest absolute Gasteiger partial charge is 3.00 e. The van der Waals surface area contributed by atoms with Crippen LogP contribution in [0.2, 0.25) is 0 Å². The SMILES string of the molecule is O=C([O-])O.O=P([O-])([O-])[O-].[Fe+3].[Li+]. The minimum absolute atomic E-state index is 0. The average Bonchev–Trinajstić information content (AvgIpc) is 1.19. The number of carboxylic acid groups (broad SMARTS) is 2. The molecule has 7 nitrogen and oxygen atoms in total. The molecule has 0 saturated heterocycles. The summed E-state index contributed by atoms with van der Waals surface area (Å²) >= 11 is 0. The van der Waals surface area contributed by atoms with Crippen molar-refractivity contribution in [2.24, 2.45) is 0 Å². The van der Waals surface area contributed by atoms with Crippen LogP contribution in [0, 0.1) is 0 Å². The van der Waals surface area contributed by atoms with E-state index in [1.54, 1.807) is 0 Å². The van der Waals surface area contributed by atoms with E-state index in [1.807, 2.05) is 0 Å². The number of hydrogen-bond donors (Lipinski definition) is 1. The number of rotatable bonds is 0. The molecular weight excluding hydrogens is 218 g/mol. The Labute approximate surface area is 84.3 Å². The summed E-state index contributed by atoms with van der Waals surface area (Å²) in [5, 5.41) is 15.3. The summed E-state index contributed by atoms with van der Waals surface area (Å²) in [7, 11) is -5.39. The summed E-state index contributed by atoms with van der Waals surface area (Å²) in [5.74, 6) is 0. The number of phosphoric acid groups is 1. The van der Waals surface area contributed by atoms with Gasteiger partial charge in [0.25, 0.3) is 0 Å². The van der Waals surface area contributed by atoms with Crippen molar-refractivity contribution in [3.8, 4) is 0 Å². The topological polar surface area (TPSA) is 147 Å². The summed E-state index contributed by atoms with van der Waals surface area (Å²) in [6.07, 6.45) is -2.08. The molecule has 0 aliphatic rings. The molecule has 0 unspecified atom stereocenters.